The van der Waals surface area contributed by atoms with E-state index in [-0.39, 0.29) is 5.92 Å². The van der Waals surface area contributed by atoms with Crippen LogP contribution in [0.4, 0.5) is 0 Å². The average Bonchev–Trinajstić information content (AvgIpc) is 2.70. The lowest BCUT2D eigenvalue weighted by molar-refractivity contribution is -0.125. The lowest BCUT2D eigenvalue weighted by Crippen LogP contribution is -2.55. The number of nitrogens with two attached hydrogens (primary N) is 1. The van der Waals surface area contributed by atoms with Gasteiger partial charge in [-0.05, 0) is 47.9 Å². The van der Waals surface area contributed by atoms with E-state index in [2.05, 4.69) is 15.3 Å². The third-order valence-corrected chi connectivity index (χ3v) is 5.07. The fraction of sp³-hybridized carbons (Fsp3) is 0.227. The normalized spacial score (nSPS) is 14.3. The van der Waals surface area contributed by atoms with Crippen molar-refractivity contribution < 1.29 is 4.79 Å². The molecule has 0 saturated carbocycles. The number of hydrogen-bond acceptors (Lipinski definition) is 4. The van der Waals surface area contributed by atoms with Crippen molar-refractivity contribution in [3.8, 4) is 0 Å². The van der Waals surface area contributed by atoms with Gasteiger partial charge in [0.25, 0.3) is 0 Å². The SMILES string of the molecule is Cc1ccc(C(NCc2ccncc2)(C(N)=O)C(C)c2ccncc2)cc1. The largest absolute Gasteiger partial charge is 0.368 e. The van der Waals surface area contributed by atoms with Crippen molar-refractivity contribution in [2.75, 3.05) is 0 Å². The highest BCUT2D eigenvalue weighted by Crippen LogP contribution is 2.37. The Kier molecular flexibility index (Phi) is 5.62. The molecular formula is C22H24N4O. The number of amides is 1. The maximum atomic E-state index is 12.9. The van der Waals surface area contributed by atoms with Crippen LogP contribution in [-0.4, -0.2) is 15.9 Å². The molecule has 0 aliphatic carbocycles. The number of benzene rings is 1. The summed E-state index contributed by atoms with van der Waals surface area (Å²) in [4.78, 5) is 21.0. The quantitative estimate of drug-likeness (QED) is 0.678. The highest BCUT2D eigenvalue weighted by molar-refractivity contribution is 5.87. The first-order valence-electron chi connectivity index (χ1n) is 8.95. The monoisotopic (exact) mass is 360 g/mol. The van der Waals surface area contributed by atoms with Crippen LogP contribution in [0.3, 0.4) is 0 Å². The van der Waals surface area contributed by atoms with E-state index in [0.29, 0.717) is 6.54 Å². The van der Waals surface area contributed by atoms with Crippen molar-refractivity contribution in [1.82, 2.24) is 15.3 Å². The summed E-state index contributed by atoms with van der Waals surface area (Å²) in [6.07, 6.45) is 6.94. The number of carbonyl (C=O) groups excluding carboxylic acids is 1. The van der Waals surface area contributed by atoms with Crippen LogP contribution in [0.5, 0.6) is 0 Å². The summed E-state index contributed by atoms with van der Waals surface area (Å²) in [6.45, 7) is 4.53. The Morgan fingerprint density at radius 3 is 2.11 bits per heavy atom. The maximum Gasteiger partial charge on any atom is 0.242 e. The maximum absolute atomic E-state index is 12.9. The van der Waals surface area contributed by atoms with Crippen molar-refractivity contribution in [2.45, 2.75) is 31.8 Å². The van der Waals surface area contributed by atoms with Crippen LogP contribution in [-0.2, 0) is 16.9 Å². The molecule has 27 heavy (non-hydrogen) atoms. The Balaban J connectivity index is 2.07. The number of carbonyl (C=O) groups is 1. The van der Waals surface area contributed by atoms with Crippen molar-refractivity contribution in [3.63, 3.8) is 0 Å². The number of rotatable bonds is 7. The average molecular weight is 360 g/mol. The van der Waals surface area contributed by atoms with Gasteiger partial charge in [0.15, 0.2) is 0 Å². The second-order valence-electron chi connectivity index (χ2n) is 6.75. The fourth-order valence-electron chi connectivity index (χ4n) is 3.41. The molecule has 2 unspecified atom stereocenters. The minimum absolute atomic E-state index is 0.192. The molecular weight excluding hydrogens is 336 g/mol. The van der Waals surface area contributed by atoms with Gasteiger partial charge in [-0.3, -0.25) is 20.1 Å². The molecule has 1 amide bonds. The summed E-state index contributed by atoms with van der Waals surface area (Å²) < 4.78 is 0. The van der Waals surface area contributed by atoms with E-state index in [0.717, 1.165) is 22.3 Å². The first-order valence-corrected chi connectivity index (χ1v) is 8.95. The standard InChI is InChI=1S/C22H24N4O/c1-16-3-5-20(6-4-16)22(21(23)27,17(2)19-9-13-25-14-10-19)26-15-18-7-11-24-12-8-18/h3-14,17,26H,15H2,1-2H3,(H2,23,27). The summed E-state index contributed by atoms with van der Waals surface area (Å²) >= 11 is 0. The Morgan fingerprint density at radius 2 is 1.56 bits per heavy atom. The lowest BCUT2D eigenvalue weighted by Gasteiger charge is -2.38. The van der Waals surface area contributed by atoms with Crippen LogP contribution in [0.1, 0.15) is 35.1 Å². The van der Waals surface area contributed by atoms with Crippen LogP contribution < -0.4 is 11.1 Å². The number of aromatic nitrogens is 2. The van der Waals surface area contributed by atoms with E-state index in [1.54, 1.807) is 24.8 Å². The van der Waals surface area contributed by atoms with Crippen LogP contribution in [0.25, 0.3) is 0 Å². The summed E-state index contributed by atoms with van der Waals surface area (Å²) in [5.41, 5.74) is 8.96. The molecule has 0 aliphatic heterocycles. The number of pyridine rings is 2. The van der Waals surface area contributed by atoms with Gasteiger partial charge < -0.3 is 5.73 Å². The number of nitrogens with one attached hydrogen (secondary N) is 1. The van der Waals surface area contributed by atoms with Gasteiger partial charge in [-0.1, -0.05) is 36.8 Å². The molecule has 0 fully saturated rings. The molecule has 1 aromatic carbocycles. The summed E-state index contributed by atoms with van der Waals surface area (Å²) in [6, 6.07) is 15.6. The van der Waals surface area contributed by atoms with Gasteiger partial charge in [-0.2, -0.15) is 0 Å². The van der Waals surface area contributed by atoms with Gasteiger partial charge in [0.2, 0.25) is 5.91 Å². The van der Waals surface area contributed by atoms with Crippen molar-refractivity contribution >= 4 is 5.91 Å². The third kappa shape index (κ3) is 3.88. The number of hydrogen-bond donors (Lipinski definition) is 2. The zero-order chi connectivity index (χ0) is 19.3. The van der Waals surface area contributed by atoms with Crippen LogP contribution >= 0.6 is 0 Å². The Bertz CT molecular complexity index is 881. The van der Waals surface area contributed by atoms with Gasteiger partial charge in [0.1, 0.15) is 5.54 Å². The van der Waals surface area contributed by atoms with Crippen LogP contribution in [0.2, 0.25) is 0 Å². The molecule has 0 saturated heterocycles. The minimum atomic E-state index is -1.06. The van der Waals surface area contributed by atoms with E-state index in [9.17, 15) is 4.79 Å². The molecule has 5 heteroatoms. The molecule has 2 aromatic heterocycles. The summed E-state index contributed by atoms with van der Waals surface area (Å²) in [5.74, 6) is -0.604. The zero-order valence-electron chi connectivity index (χ0n) is 15.6. The van der Waals surface area contributed by atoms with Gasteiger partial charge in [-0.25, -0.2) is 0 Å². The van der Waals surface area contributed by atoms with Gasteiger partial charge in [0.05, 0.1) is 0 Å². The minimum Gasteiger partial charge on any atom is -0.368 e. The molecule has 3 rings (SSSR count). The van der Waals surface area contributed by atoms with Crippen molar-refractivity contribution in [1.29, 1.82) is 0 Å². The topological polar surface area (TPSA) is 80.9 Å². The molecule has 0 bridgehead atoms. The molecule has 5 nitrogen and oxygen atoms in total. The first-order chi connectivity index (χ1) is 13.0. The Hall–Kier alpha value is -3.05. The first kappa shape index (κ1) is 18.7. The van der Waals surface area contributed by atoms with E-state index in [4.69, 9.17) is 5.73 Å². The summed E-state index contributed by atoms with van der Waals surface area (Å²) in [7, 11) is 0. The Labute approximate surface area is 159 Å². The van der Waals surface area contributed by atoms with E-state index in [1.807, 2.05) is 62.4 Å². The molecule has 0 spiro atoms. The highest BCUT2D eigenvalue weighted by atomic mass is 16.1. The number of primary amides is 1. The second-order valence-corrected chi connectivity index (χ2v) is 6.75. The molecule has 0 radical (unpaired) electrons. The van der Waals surface area contributed by atoms with Gasteiger partial charge in [0, 0.05) is 37.3 Å². The van der Waals surface area contributed by atoms with Gasteiger partial charge >= 0.3 is 0 Å². The van der Waals surface area contributed by atoms with Crippen LogP contribution in [0, 0.1) is 6.92 Å². The second kappa shape index (κ2) is 8.10. The predicted octanol–water partition coefficient (Wildman–Crippen LogP) is 3.06. The van der Waals surface area contributed by atoms with Crippen molar-refractivity contribution in [3.05, 3.63) is 95.6 Å². The molecule has 2 heterocycles. The molecule has 138 valence electrons. The van der Waals surface area contributed by atoms with Crippen LogP contribution in [0.15, 0.2) is 73.3 Å². The number of aryl methyl sites for hydroxylation is 1. The van der Waals surface area contributed by atoms with E-state index < -0.39 is 11.4 Å². The van der Waals surface area contributed by atoms with Gasteiger partial charge in [-0.15, -0.1) is 0 Å². The molecule has 2 atom stereocenters. The smallest absolute Gasteiger partial charge is 0.242 e. The van der Waals surface area contributed by atoms with E-state index >= 15 is 0 Å². The fourth-order valence-corrected chi connectivity index (χ4v) is 3.41. The lowest BCUT2D eigenvalue weighted by atomic mass is 9.74. The third-order valence-electron chi connectivity index (χ3n) is 5.07. The zero-order valence-corrected chi connectivity index (χ0v) is 15.6. The molecule has 3 N–H and O–H groups in total. The Morgan fingerprint density at radius 1 is 1.00 bits per heavy atom. The number of nitrogens with zero attached hydrogens (tertiary/aromatic N) is 2. The highest BCUT2D eigenvalue weighted by Gasteiger charge is 2.44. The molecule has 3 aromatic rings. The molecule has 0 aliphatic rings. The van der Waals surface area contributed by atoms with Crippen molar-refractivity contribution in [2.24, 2.45) is 5.73 Å². The summed E-state index contributed by atoms with van der Waals surface area (Å²) in [5, 5.41) is 3.46. The predicted molar refractivity (Wildman–Crippen MR) is 106 cm³/mol. The van der Waals surface area contributed by atoms with E-state index in [1.165, 1.54) is 0 Å².